The second kappa shape index (κ2) is 7.30. The van der Waals surface area contributed by atoms with Crippen LogP contribution < -0.4 is 9.47 Å². The molecule has 6 heteroatoms. The third-order valence-corrected chi connectivity index (χ3v) is 4.46. The van der Waals surface area contributed by atoms with E-state index in [1.165, 1.54) is 0 Å². The molecule has 1 aromatic heterocycles. The number of aromatic carboxylic acids is 1. The van der Waals surface area contributed by atoms with Gasteiger partial charge in [0.25, 0.3) is 5.76 Å². The third-order valence-electron chi connectivity index (χ3n) is 4.04. The fraction of sp³-hybridized carbons (Fsp3) is 0.250. The minimum atomic E-state index is -1.19. The molecule has 0 spiro atoms. The van der Waals surface area contributed by atoms with E-state index >= 15 is 0 Å². The first kappa shape index (κ1) is 18.1. The van der Waals surface area contributed by atoms with Crippen molar-refractivity contribution in [2.24, 2.45) is 0 Å². The summed E-state index contributed by atoms with van der Waals surface area (Å²) in [6.45, 7) is 5.62. The molecule has 0 amide bonds. The first-order valence-electron chi connectivity index (χ1n) is 8.25. The second-order valence-corrected chi connectivity index (χ2v) is 6.41. The molecule has 0 saturated carbocycles. The van der Waals surface area contributed by atoms with Crippen LogP contribution in [0.4, 0.5) is 0 Å². The molecule has 1 atom stereocenters. The fourth-order valence-corrected chi connectivity index (χ4v) is 2.78. The van der Waals surface area contributed by atoms with E-state index in [4.69, 9.17) is 25.5 Å². The molecule has 0 aliphatic heterocycles. The maximum absolute atomic E-state index is 11.6. The maximum atomic E-state index is 11.6. The third kappa shape index (κ3) is 3.48. The number of carboxylic acid groups (broad SMARTS) is 1. The van der Waals surface area contributed by atoms with Gasteiger partial charge in [-0.2, -0.15) is 0 Å². The first-order valence-corrected chi connectivity index (χ1v) is 8.63. The lowest BCUT2D eigenvalue weighted by atomic mass is 10.1. The maximum Gasteiger partial charge on any atom is 0.375 e. The average Bonchev–Trinajstić information content (AvgIpc) is 2.98. The molecule has 0 bridgehead atoms. The SMILES string of the molecule is CCC(Oc1ccc(Cl)c(C)c1)Oc1c(C(=O)O)oc2c(C)cccc12. The molecule has 5 nitrogen and oxygen atoms in total. The van der Waals surface area contributed by atoms with E-state index in [1.807, 2.05) is 39.0 Å². The molecular weight excluding hydrogens is 356 g/mol. The highest BCUT2D eigenvalue weighted by atomic mass is 35.5. The molecular formula is C20H19ClO5. The van der Waals surface area contributed by atoms with Crippen molar-refractivity contribution < 1.29 is 23.8 Å². The molecule has 136 valence electrons. The van der Waals surface area contributed by atoms with Gasteiger partial charge in [0.15, 0.2) is 5.75 Å². The van der Waals surface area contributed by atoms with E-state index in [9.17, 15) is 9.90 Å². The summed E-state index contributed by atoms with van der Waals surface area (Å²) in [5.41, 5.74) is 2.22. The van der Waals surface area contributed by atoms with Gasteiger partial charge in [0.05, 0.1) is 5.39 Å². The summed E-state index contributed by atoms with van der Waals surface area (Å²) in [7, 11) is 0. The summed E-state index contributed by atoms with van der Waals surface area (Å²) in [6, 6.07) is 10.8. The topological polar surface area (TPSA) is 68.9 Å². The number of carbonyl (C=O) groups is 1. The smallest absolute Gasteiger partial charge is 0.375 e. The molecule has 2 aromatic carbocycles. The first-order chi connectivity index (χ1) is 12.4. The number of aryl methyl sites for hydroxylation is 2. The molecule has 1 N–H and O–H groups in total. The van der Waals surface area contributed by atoms with Crippen molar-refractivity contribution in [1.29, 1.82) is 0 Å². The Morgan fingerprint density at radius 2 is 1.96 bits per heavy atom. The Labute approximate surface area is 156 Å². The highest BCUT2D eigenvalue weighted by Crippen LogP contribution is 2.36. The highest BCUT2D eigenvalue weighted by molar-refractivity contribution is 6.31. The van der Waals surface area contributed by atoms with Crippen LogP contribution in [0.3, 0.4) is 0 Å². The molecule has 0 aliphatic rings. The average molecular weight is 375 g/mol. The van der Waals surface area contributed by atoms with Gasteiger partial charge in [-0.15, -0.1) is 0 Å². The van der Waals surface area contributed by atoms with Crippen LogP contribution in [0.5, 0.6) is 11.5 Å². The number of halogens is 1. The van der Waals surface area contributed by atoms with E-state index < -0.39 is 12.3 Å². The lowest BCUT2D eigenvalue weighted by Gasteiger charge is -2.19. The molecule has 3 rings (SSSR count). The number of ether oxygens (including phenoxy) is 2. The van der Waals surface area contributed by atoms with Crippen molar-refractivity contribution in [2.45, 2.75) is 33.5 Å². The van der Waals surface area contributed by atoms with Gasteiger partial charge in [0, 0.05) is 11.4 Å². The van der Waals surface area contributed by atoms with Crippen LogP contribution in [0.15, 0.2) is 40.8 Å². The van der Waals surface area contributed by atoms with Gasteiger partial charge in [-0.3, -0.25) is 0 Å². The summed E-state index contributed by atoms with van der Waals surface area (Å²) >= 11 is 6.04. The number of para-hydroxylation sites is 1. The zero-order valence-corrected chi connectivity index (χ0v) is 15.5. The number of carboxylic acids is 1. The van der Waals surface area contributed by atoms with Crippen molar-refractivity contribution in [3.8, 4) is 11.5 Å². The predicted molar refractivity (Wildman–Crippen MR) is 99.4 cm³/mol. The van der Waals surface area contributed by atoms with Crippen molar-refractivity contribution in [3.05, 3.63) is 58.3 Å². The largest absolute Gasteiger partial charge is 0.475 e. The van der Waals surface area contributed by atoms with Crippen LogP contribution in [-0.4, -0.2) is 17.4 Å². The van der Waals surface area contributed by atoms with Gasteiger partial charge < -0.3 is 19.0 Å². The number of rotatable bonds is 6. The molecule has 0 aliphatic carbocycles. The van der Waals surface area contributed by atoms with Crippen molar-refractivity contribution in [2.75, 3.05) is 0 Å². The van der Waals surface area contributed by atoms with Gasteiger partial charge in [-0.25, -0.2) is 4.79 Å². The van der Waals surface area contributed by atoms with E-state index in [0.29, 0.717) is 28.2 Å². The Morgan fingerprint density at radius 1 is 1.19 bits per heavy atom. The lowest BCUT2D eigenvalue weighted by molar-refractivity contribution is 0.00246. The van der Waals surface area contributed by atoms with E-state index in [1.54, 1.807) is 18.2 Å². The molecule has 0 fully saturated rings. The van der Waals surface area contributed by atoms with Crippen LogP contribution in [0, 0.1) is 13.8 Å². The fourth-order valence-electron chi connectivity index (χ4n) is 2.66. The van der Waals surface area contributed by atoms with E-state index in [0.717, 1.165) is 11.1 Å². The van der Waals surface area contributed by atoms with Gasteiger partial charge in [0.1, 0.15) is 11.3 Å². The predicted octanol–water partition coefficient (Wildman–Crippen LogP) is 5.60. The van der Waals surface area contributed by atoms with E-state index in [2.05, 4.69) is 0 Å². The summed E-state index contributed by atoms with van der Waals surface area (Å²) < 4.78 is 17.3. The number of benzene rings is 2. The highest BCUT2D eigenvalue weighted by Gasteiger charge is 2.25. The minimum absolute atomic E-state index is 0.175. The summed E-state index contributed by atoms with van der Waals surface area (Å²) in [5.74, 6) is -0.648. The lowest BCUT2D eigenvalue weighted by Crippen LogP contribution is -2.23. The zero-order valence-electron chi connectivity index (χ0n) is 14.7. The zero-order chi connectivity index (χ0) is 18.8. The summed E-state index contributed by atoms with van der Waals surface area (Å²) in [4.78, 5) is 11.6. The van der Waals surface area contributed by atoms with Gasteiger partial charge in [-0.1, -0.05) is 30.7 Å². The molecule has 0 radical (unpaired) electrons. The Balaban J connectivity index is 1.95. The Morgan fingerprint density at radius 3 is 2.62 bits per heavy atom. The minimum Gasteiger partial charge on any atom is -0.475 e. The number of fused-ring (bicyclic) bond motifs is 1. The molecule has 1 unspecified atom stereocenters. The van der Waals surface area contributed by atoms with Crippen LogP contribution in [0.25, 0.3) is 11.0 Å². The monoisotopic (exact) mass is 374 g/mol. The number of furan rings is 1. The summed E-state index contributed by atoms with van der Waals surface area (Å²) in [5, 5.41) is 10.7. The standard InChI is InChI=1S/C20H19ClO5/c1-4-16(24-13-8-9-15(21)12(3)10-13)25-18-14-7-5-6-11(2)17(14)26-19(18)20(22)23/h5-10,16H,4H2,1-3H3,(H,22,23). The van der Waals surface area contributed by atoms with Crippen LogP contribution >= 0.6 is 11.6 Å². The van der Waals surface area contributed by atoms with Gasteiger partial charge in [-0.05, 0) is 49.2 Å². The molecule has 1 heterocycles. The Hall–Kier alpha value is -2.66. The number of hydrogen-bond donors (Lipinski definition) is 1. The van der Waals surface area contributed by atoms with Crippen LogP contribution in [0.2, 0.25) is 5.02 Å². The Bertz CT molecular complexity index is 960. The Kier molecular flexibility index (Phi) is 5.09. The second-order valence-electron chi connectivity index (χ2n) is 6.00. The number of hydrogen-bond acceptors (Lipinski definition) is 4. The van der Waals surface area contributed by atoms with Crippen LogP contribution in [0.1, 0.15) is 35.0 Å². The van der Waals surface area contributed by atoms with Crippen LogP contribution in [-0.2, 0) is 0 Å². The van der Waals surface area contributed by atoms with Gasteiger partial charge in [0.2, 0.25) is 6.29 Å². The van der Waals surface area contributed by atoms with Crippen molar-refractivity contribution in [3.63, 3.8) is 0 Å². The molecule has 26 heavy (non-hydrogen) atoms. The van der Waals surface area contributed by atoms with Crippen molar-refractivity contribution >= 4 is 28.5 Å². The molecule has 3 aromatic rings. The van der Waals surface area contributed by atoms with E-state index in [-0.39, 0.29) is 11.5 Å². The summed E-state index contributed by atoms with van der Waals surface area (Å²) in [6.07, 6.45) is -0.158. The normalized spacial score (nSPS) is 12.2. The van der Waals surface area contributed by atoms with Gasteiger partial charge >= 0.3 is 5.97 Å². The van der Waals surface area contributed by atoms with Crippen molar-refractivity contribution in [1.82, 2.24) is 0 Å². The molecule has 0 saturated heterocycles. The quantitative estimate of drug-likeness (QED) is 0.569.